The van der Waals surface area contributed by atoms with Crippen LogP contribution in [0.1, 0.15) is 50.3 Å². The third kappa shape index (κ3) is 4.00. The number of furan rings is 1. The summed E-state index contributed by atoms with van der Waals surface area (Å²) in [6.45, 7) is 3.64. The average Bonchev–Trinajstić information content (AvgIpc) is 3.39. The van der Waals surface area contributed by atoms with Crippen LogP contribution in [0.5, 0.6) is 5.75 Å². The molecule has 4 rings (SSSR count). The van der Waals surface area contributed by atoms with Crippen molar-refractivity contribution in [3.8, 4) is 5.75 Å². The minimum absolute atomic E-state index is 0.0318. The van der Waals surface area contributed by atoms with Crippen molar-refractivity contribution in [1.29, 1.82) is 0 Å². The Bertz CT molecular complexity index is 1190. The molecule has 0 saturated carbocycles. The molecular weight excluding hydrogens is 420 g/mol. The summed E-state index contributed by atoms with van der Waals surface area (Å²) in [7, 11) is 0. The van der Waals surface area contributed by atoms with Gasteiger partial charge in [0.2, 0.25) is 5.76 Å². The zero-order valence-electron chi connectivity index (χ0n) is 17.2. The van der Waals surface area contributed by atoms with Gasteiger partial charge in [-0.3, -0.25) is 9.59 Å². The van der Waals surface area contributed by atoms with E-state index >= 15 is 0 Å². The van der Waals surface area contributed by atoms with Crippen molar-refractivity contribution in [3.63, 3.8) is 0 Å². The number of ether oxygens (including phenoxy) is 2. The average molecular weight is 442 g/mol. The normalized spacial score (nSPS) is 12.6. The number of thiophene rings is 1. The van der Waals surface area contributed by atoms with Crippen LogP contribution in [0.3, 0.4) is 0 Å². The van der Waals surface area contributed by atoms with E-state index in [2.05, 4.69) is 5.32 Å². The highest BCUT2D eigenvalue weighted by Gasteiger charge is 2.27. The molecule has 0 atom stereocenters. The number of esters is 1. The predicted octanol–water partition coefficient (Wildman–Crippen LogP) is 3.58. The summed E-state index contributed by atoms with van der Waals surface area (Å²) in [5.41, 5.74) is 7.90. The van der Waals surface area contributed by atoms with Crippen LogP contribution in [0.4, 0.5) is 5.00 Å². The molecule has 2 heterocycles. The maximum atomic E-state index is 12.5. The first-order chi connectivity index (χ1) is 14.9. The van der Waals surface area contributed by atoms with Crippen molar-refractivity contribution in [2.75, 3.05) is 18.5 Å². The number of nitrogens with one attached hydrogen (secondary N) is 1. The molecule has 0 spiro atoms. The number of amides is 2. The largest absolute Gasteiger partial charge is 0.494 e. The van der Waals surface area contributed by atoms with Gasteiger partial charge >= 0.3 is 5.97 Å². The number of nitrogens with two attached hydrogens (primary N) is 1. The van der Waals surface area contributed by atoms with Crippen molar-refractivity contribution in [2.24, 2.45) is 5.73 Å². The van der Waals surface area contributed by atoms with E-state index in [1.54, 1.807) is 25.1 Å². The lowest BCUT2D eigenvalue weighted by Crippen LogP contribution is -2.22. The lowest BCUT2D eigenvalue weighted by atomic mass is 10.1. The Kier molecular flexibility index (Phi) is 5.69. The number of benzene rings is 1. The van der Waals surface area contributed by atoms with Gasteiger partial charge < -0.3 is 24.9 Å². The van der Waals surface area contributed by atoms with Gasteiger partial charge in [0.05, 0.1) is 12.2 Å². The SMILES string of the molecule is CCOc1ccc2oc(C(=O)OCC(=O)Nc3sc4c(c3C(N)=O)CCC4)c(C)c2c1. The number of rotatable bonds is 7. The number of aryl methyl sites for hydroxylation is 2. The van der Waals surface area contributed by atoms with E-state index in [1.165, 1.54) is 11.3 Å². The standard InChI is InChI=1S/C22H22N2O6S/c1-3-28-12-7-8-15-14(9-12)11(2)19(30-15)22(27)29-10-17(25)24-21-18(20(23)26)13-5-4-6-16(13)31-21/h7-9H,3-6,10H2,1-2H3,(H2,23,26)(H,24,25). The molecule has 0 saturated heterocycles. The Morgan fingerprint density at radius 2 is 2.06 bits per heavy atom. The van der Waals surface area contributed by atoms with Gasteiger partial charge in [0, 0.05) is 15.8 Å². The Morgan fingerprint density at radius 1 is 1.26 bits per heavy atom. The highest BCUT2D eigenvalue weighted by atomic mass is 32.1. The number of fused-ring (bicyclic) bond motifs is 2. The molecule has 162 valence electrons. The predicted molar refractivity (Wildman–Crippen MR) is 116 cm³/mol. The first kappa shape index (κ1) is 20.9. The molecule has 1 aliphatic rings. The Labute approximate surface area is 182 Å². The number of carbonyl (C=O) groups excluding carboxylic acids is 3. The van der Waals surface area contributed by atoms with E-state index in [-0.39, 0.29) is 5.76 Å². The first-order valence-electron chi connectivity index (χ1n) is 9.96. The number of primary amides is 1. The third-order valence-electron chi connectivity index (χ3n) is 5.16. The number of hydrogen-bond acceptors (Lipinski definition) is 7. The smallest absolute Gasteiger partial charge is 0.375 e. The lowest BCUT2D eigenvalue weighted by molar-refractivity contribution is -0.119. The van der Waals surface area contributed by atoms with Gasteiger partial charge in [-0.15, -0.1) is 11.3 Å². The molecule has 0 fully saturated rings. The summed E-state index contributed by atoms with van der Waals surface area (Å²) in [6, 6.07) is 5.27. The first-order valence-corrected chi connectivity index (χ1v) is 10.8. The van der Waals surface area contributed by atoms with Gasteiger partial charge in [-0.1, -0.05) is 0 Å². The Morgan fingerprint density at radius 3 is 2.81 bits per heavy atom. The van der Waals surface area contributed by atoms with Crippen LogP contribution in [0.25, 0.3) is 11.0 Å². The second kappa shape index (κ2) is 8.43. The second-order valence-corrected chi connectivity index (χ2v) is 8.30. The van der Waals surface area contributed by atoms with Crippen LogP contribution in [-0.4, -0.2) is 31.0 Å². The van der Waals surface area contributed by atoms with Gasteiger partial charge in [-0.2, -0.15) is 0 Å². The second-order valence-electron chi connectivity index (χ2n) is 7.20. The molecule has 2 aromatic heterocycles. The number of anilines is 1. The van der Waals surface area contributed by atoms with Crippen LogP contribution in [0, 0.1) is 6.92 Å². The summed E-state index contributed by atoms with van der Waals surface area (Å²) in [5.74, 6) is -1.17. The minimum Gasteiger partial charge on any atom is -0.494 e. The van der Waals surface area contributed by atoms with E-state index in [0.29, 0.717) is 34.1 Å². The molecule has 1 aliphatic carbocycles. The van der Waals surface area contributed by atoms with E-state index in [1.807, 2.05) is 6.92 Å². The molecule has 3 aromatic rings. The van der Waals surface area contributed by atoms with Crippen LogP contribution in [-0.2, 0) is 22.4 Å². The fraction of sp³-hybridized carbons (Fsp3) is 0.318. The van der Waals surface area contributed by atoms with Crippen molar-refractivity contribution < 1.29 is 28.3 Å². The van der Waals surface area contributed by atoms with Crippen molar-refractivity contribution >= 4 is 45.1 Å². The minimum atomic E-state index is -0.745. The van der Waals surface area contributed by atoms with Gasteiger partial charge in [0.15, 0.2) is 6.61 Å². The summed E-state index contributed by atoms with van der Waals surface area (Å²) in [5, 5.41) is 3.79. The Balaban J connectivity index is 1.44. The van der Waals surface area contributed by atoms with Crippen LogP contribution < -0.4 is 15.8 Å². The fourth-order valence-corrected chi connectivity index (χ4v) is 5.07. The van der Waals surface area contributed by atoms with Crippen LogP contribution in [0.2, 0.25) is 0 Å². The fourth-order valence-electron chi connectivity index (χ4n) is 3.76. The van der Waals surface area contributed by atoms with Crippen molar-refractivity contribution in [3.05, 3.63) is 45.5 Å². The number of carbonyl (C=O) groups is 3. The van der Waals surface area contributed by atoms with Crippen molar-refractivity contribution in [2.45, 2.75) is 33.1 Å². The monoisotopic (exact) mass is 442 g/mol. The maximum Gasteiger partial charge on any atom is 0.375 e. The Hall–Kier alpha value is -3.33. The number of hydrogen-bond donors (Lipinski definition) is 2. The van der Waals surface area contributed by atoms with E-state index in [4.69, 9.17) is 19.6 Å². The van der Waals surface area contributed by atoms with Gasteiger partial charge in [-0.25, -0.2) is 4.79 Å². The molecule has 3 N–H and O–H groups in total. The van der Waals surface area contributed by atoms with E-state index in [9.17, 15) is 14.4 Å². The van der Waals surface area contributed by atoms with Crippen molar-refractivity contribution in [1.82, 2.24) is 0 Å². The topological polar surface area (TPSA) is 121 Å². The molecule has 8 nitrogen and oxygen atoms in total. The summed E-state index contributed by atoms with van der Waals surface area (Å²) in [6.07, 6.45) is 2.60. The van der Waals surface area contributed by atoms with Gasteiger partial charge in [0.1, 0.15) is 16.3 Å². The van der Waals surface area contributed by atoms with Gasteiger partial charge in [-0.05, 0) is 56.9 Å². The van der Waals surface area contributed by atoms with Crippen LogP contribution >= 0.6 is 11.3 Å². The zero-order chi connectivity index (χ0) is 22.1. The zero-order valence-corrected chi connectivity index (χ0v) is 18.0. The maximum absolute atomic E-state index is 12.5. The molecule has 31 heavy (non-hydrogen) atoms. The quantitative estimate of drug-likeness (QED) is 0.540. The summed E-state index contributed by atoms with van der Waals surface area (Å²) >= 11 is 1.34. The lowest BCUT2D eigenvalue weighted by Gasteiger charge is -2.06. The van der Waals surface area contributed by atoms with E-state index in [0.717, 1.165) is 35.1 Å². The van der Waals surface area contributed by atoms with Crippen LogP contribution in [0.15, 0.2) is 22.6 Å². The van der Waals surface area contributed by atoms with E-state index < -0.39 is 24.4 Å². The molecule has 9 heteroatoms. The highest BCUT2D eigenvalue weighted by Crippen LogP contribution is 2.38. The molecule has 0 aliphatic heterocycles. The summed E-state index contributed by atoms with van der Waals surface area (Å²) in [4.78, 5) is 37.7. The molecular formula is C22H22N2O6S. The molecule has 1 aromatic carbocycles. The molecule has 2 amide bonds. The van der Waals surface area contributed by atoms with Gasteiger partial charge in [0.25, 0.3) is 11.8 Å². The summed E-state index contributed by atoms with van der Waals surface area (Å²) < 4.78 is 16.2. The molecule has 0 radical (unpaired) electrons. The highest BCUT2D eigenvalue weighted by molar-refractivity contribution is 7.17. The molecule has 0 unspecified atom stereocenters. The molecule has 0 bridgehead atoms. The third-order valence-corrected chi connectivity index (χ3v) is 6.37.